The van der Waals surface area contributed by atoms with E-state index in [1.54, 1.807) is 21.0 Å². The summed E-state index contributed by atoms with van der Waals surface area (Å²) in [6.45, 7) is 3.69. The Morgan fingerprint density at radius 2 is 1.95 bits per heavy atom. The third kappa shape index (κ3) is 4.28. The van der Waals surface area contributed by atoms with Gasteiger partial charge in [0.2, 0.25) is 5.91 Å². The molecule has 19 heavy (non-hydrogen) atoms. The van der Waals surface area contributed by atoms with Crippen molar-refractivity contribution in [1.82, 2.24) is 10.2 Å². The van der Waals surface area contributed by atoms with Gasteiger partial charge in [0, 0.05) is 38.7 Å². The quantitative estimate of drug-likeness (QED) is 0.891. The second-order valence-corrected chi connectivity index (χ2v) is 4.84. The molecule has 3 nitrogen and oxygen atoms in total. The summed E-state index contributed by atoms with van der Waals surface area (Å²) in [5.74, 6) is -0.859. The van der Waals surface area contributed by atoms with Crippen molar-refractivity contribution in [1.29, 1.82) is 0 Å². The molecule has 5 heteroatoms. The normalized spacial score (nSPS) is 12.3. The van der Waals surface area contributed by atoms with Gasteiger partial charge >= 0.3 is 0 Å². The molecule has 1 aromatic rings. The van der Waals surface area contributed by atoms with E-state index in [0.29, 0.717) is 13.0 Å². The van der Waals surface area contributed by atoms with E-state index in [4.69, 9.17) is 0 Å². The number of amides is 1. The number of nitrogens with one attached hydrogen (secondary N) is 1. The topological polar surface area (TPSA) is 32.3 Å². The zero-order valence-corrected chi connectivity index (χ0v) is 11.8. The van der Waals surface area contributed by atoms with E-state index >= 15 is 0 Å². The van der Waals surface area contributed by atoms with E-state index < -0.39 is 11.6 Å². The van der Waals surface area contributed by atoms with Crippen LogP contribution in [0.25, 0.3) is 0 Å². The van der Waals surface area contributed by atoms with Crippen LogP contribution in [0.4, 0.5) is 8.78 Å². The number of hydrogen-bond acceptors (Lipinski definition) is 2. The van der Waals surface area contributed by atoms with Gasteiger partial charge in [0.05, 0.1) is 0 Å². The minimum Gasteiger partial charge on any atom is -0.349 e. The fourth-order valence-corrected chi connectivity index (χ4v) is 1.72. The van der Waals surface area contributed by atoms with Gasteiger partial charge in [-0.25, -0.2) is 8.78 Å². The van der Waals surface area contributed by atoms with Crippen LogP contribution in [0.1, 0.15) is 30.5 Å². The molecule has 1 atom stereocenters. The van der Waals surface area contributed by atoms with Crippen LogP contribution in [0.3, 0.4) is 0 Å². The lowest BCUT2D eigenvalue weighted by molar-refractivity contribution is -0.128. The fourth-order valence-electron chi connectivity index (χ4n) is 1.72. The number of carbonyl (C=O) groups is 1. The van der Waals surface area contributed by atoms with Crippen molar-refractivity contribution in [3.63, 3.8) is 0 Å². The zero-order valence-electron chi connectivity index (χ0n) is 11.8. The largest absolute Gasteiger partial charge is 0.349 e. The Kier molecular flexibility index (Phi) is 5.42. The summed E-state index contributed by atoms with van der Waals surface area (Å²) in [5, 5.41) is 3.02. The lowest BCUT2D eigenvalue weighted by Crippen LogP contribution is -2.28. The van der Waals surface area contributed by atoms with Crippen LogP contribution < -0.4 is 5.32 Å². The molecule has 0 aliphatic rings. The Morgan fingerprint density at radius 1 is 1.32 bits per heavy atom. The maximum absolute atomic E-state index is 13.7. The number of rotatable bonds is 5. The van der Waals surface area contributed by atoms with E-state index in [1.165, 1.54) is 24.0 Å². The third-order valence-corrected chi connectivity index (χ3v) is 3.03. The maximum Gasteiger partial charge on any atom is 0.223 e. The lowest BCUT2D eigenvalue weighted by Gasteiger charge is -2.16. The van der Waals surface area contributed by atoms with E-state index in [2.05, 4.69) is 5.32 Å². The smallest absolute Gasteiger partial charge is 0.223 e. The average molecular weight is 270 g/mol. The van der Waals surface area contributed by atoms with Crippen molar-refractivity contribution in [2.24, 2.45) is 0 Å². The second-order valence-electron chi connectivity index (χ2n) is 4.84. The summed E-state index contributed by atoms with van der Waals surface area (Å²) in [5.41, 5.74) is 0.566. The monoisotopic (exact) mass is 270 g/mol. The number of carbonyl (C=O) groups excluding carboxylic acids is 1. The molecule has 1 aromatic carbocycles. The summed E-state index contributed by atoms with van der Waals surface area (Å²) < 4.78 is 27.1. The molecule has 0 bridgehead atoms. The highest BCUT2D eigenvalue weighted by atomic mass is 19.1. The average Bonchev–Trinajstić information content (AvgIpc) is 2.33. The molecule has 0 radical (unpaired) electrons. The highest BCUT2D eigenvalue weighted by Crippen LogP contribution is 2.20. The Morgan fingerprint density at radius 3 is 2.53 bits per heavy atom. The van der Waals surface area contributed by atoms with Crippen molar-refractivity contribution in [3.8, 4) is 0 Å². The lowest BCUT2D eigenvalue weighted by atomic mass is 10.0. The predicted molar refractivity (Wildman–Crippen MR) is 70.8 cm³/mol. The van der Waals surface area contributed by atoms with E-state index in [1.807, 2.05) is 0 Å². The summed E-state index contributed by atoms with van der Waals surface area (Å²) in [7, 11) is 3.36. The number of hydrogen-bond donors (Lipinski definition) is 1. The minimum atomic E-state index is -0.433. The summed E-state index contributed by atoms with van der Waals surface area (Å²) in [4.78, 5) is 12.9. The molecule has 0 heterocycles. The molecule has 0 saturated heterocycles. The van der Waals surface area contributed by atoms with E-state index in [0.717, 1.165) is 0 Å². The van der Waals surface area contributed by atoms with Gasteiger partial charge in [0.25, 0.3) is 0 Å². The van der Waals surface area contributed by atoms with Gasteiger partial charge in [0.15, 0.2) is 0 Å². The van der Waals surface area contributed by atoms with Gasteiger partial charge in [0.1, 0.15) is 11.6 Å². The zero-order chi connectivity index (χ0) is 14.6. The molecule has 0 spiro atoms. The third-order valence-electron chi connectivity index (χ3n) is 3.03. The summed E-state index contributed by atoms with van der Waals surface area (Å²) >= 11 is 0. The molecular formula is C14H20F2N2O. The van der Waals surface area contributed by atoms with Crippen molar-refractivity contribution in [2.45, 2.75) is 26.3 Å². The first-order valence-corrected chi connectivity index (χ1v) is 6.22. The summed E-state index contributed by atoms with van der Waals surface area (Å²) in [6.07, 6.45) is 0.327. The fraction of sp³-hybridized carbons (Fsp3) is 0.500. The van der Waals surface area contributed by atoms with Gasteiger partial charge in [-0.2, -0.15) is 0 Å². The van der Waals surface area contributed by atoms with Crippen LogP contribution >= 0.6 is 0 Å². The molecule has 0 aliphatic carbocycles. The van der Waals surface area contributed by atoms with Crippen LogP contribution in [0, 0.1) is 18.6 Å². The first-order chi connectivity index (χ1) is 8.82. The molecule has 0 saturated carbocycles. The van der Waals surface area contributed by atoms with Crippen LogP contribution in [0.5, 0.6) is 0 Å². The Bertz CT molecular complexity index is 461. The van der Waals surface area contributed by atoms with Crippen LogP contribution in [-0.4, -0.2) is 31.4 Å². The standard InChI is InChI=1S/C14H20F2N2O/c1-9-7-13(16)11(8-12(9)15)10(2)17-6-5-14(19)18(3)4/h7-8,10,17H,5-6H2,1-4H3. The number of benzene rings is 1. The van der Waals surface area contributed by atoms with Crippen molar-refractivity contribution >= 4 is 5.91 Å². The van der Waals surface area contributed by atoms with Gasteiger partial charge in [-0.15, -0.1) is 0 Å². The Balaban J connectivity index is 2.61. The predicted octanol–water partition coefficient (Wildman–Crippen LogP) is 2.40. The molecule has 1 amide bonds. The van der Waals surface area contributed by atoms with Crippen LogP contribution in [-0.2, 0) is 4.79 Å². The molecule has 0 aliphatic heterocycles. The highest BCUT2D eigenvalue weighted by Gasteiger charge is 2.14. The Labute approximate surface area is 112 Å². The van der Waals surface area contributed by atoms with Gasteiger partial charge in [-0.05, 0) is 31.5 Å². The number of nitrogens with zero attached hydrogens (tertiary/aromatic N) is 1. The number of halogens is 2. The molecule has 0 aromatic heterocycles. The molecule has 1 N–H and O–H groups in total. The minimum absolute atomic E-state index is 0.00439. The first-order valence-electron chi connectivity index (χ1n) is 6.22. The van der Waals surface area contributed by atoms with Crippen molar-refractivity contribution in [2.75, 3.05) is 20.6 Å². The van der Waals surface area contributed by atoms with Crippen LogP contribution in [0.15, 0.2) is 12.1 Å². The van der Waals surface area contributed by atoms with Crippen molar-refractivity contribution < 1.29 is 13.6 Å². The highest BCUT2D eigenvalue weighted by molar-refractivity contribution is 5.75. The maximum atomic E-state index is 13.7. The van der Waals surface area contributed by atoms with E-state index in [9.17, 15) is 13.6 Å². The van der Waals surface area contributed by atoms with Crippen molar-refractivity contribution in [3.05, 3.63) is 34.9 Å². The molecular weight excluding hydrogens is 250 g/mol. The van der Waals surface area contributed by atoms with Gasteiger partial charge in [-0.3, -0.25) is 4.79 Å². The van der Waals surface area contributed by atoms with Gasteiger partial charge < -0.3 is 10.2 Å². The number of aryl methyl sites for hydroxylation is 1. The second kappa shape index (κ2) is 6.61. The molecule has 1 unspecified atom stereocenters. The SMILES string of the molecule is Cc1cc(F)c(C(C)NCCC(=O)N(C)C)cc1F. The summed E-state index contributed by atoms with van der Waals surface area (Å²) in [6, 6.07) is 2.05. The molecule has 106 valence electrons. The Hall–Kier alpha value is -1.49. The van der Waals surface area contributed by atoms with Crippen LogP contribution in [0.2, 0.25) is 0 Å². The molecule has 0 fully saturated rings. The van der Waals surface area contributed by atoms with E-state index in [-0.39, 0.29) is 23.1 Å². The molecule has 1 rings (SSSR count). The van der Waals surface area contributed by atoms with Gasteiger partial charge in [-0.1, -0.05) is 0 Å². The first kappa shape index (κ1) is 15.6.